The summed E-state index contributed by atoms with van der Waals surface area (Å²) in [5.74, 6) is 0.951. The molecule has 0 saturated heterocycles. The molecule has 8 heteroatoms. The Morgan fingerprint density at radius 3 is 2.29 bits per heavy atom. The van der Waals surface area contributed by atoms with Gasteiger partial charge in [-0.1, -0.05) is 48.5 Å². The monoisotopic (exact) mass is 478 g/mol. The topological polar surface area (TPSA) is 93.7 Å². The maximum absolute atomic E-state index is 12.1. The molecule has 3 aromatic carbocycles. The van der Waals surface area contributed by atoms with Gasteiger partial charge in [-0.05, 0) is 36.8 Å². The lowest BCUT2D eigenvalue weighted by atomic mass is 10.1. The average molecular weight is 479 g/mol. The van der Waals surface area contributed by atoms with Crippen molar-refractivity contribution in [2.75, 3.05) is 19.5 Å². The van der Waals surface area contributed by atoms with E-state index in [1.807, 2.05) is 48.5 Å². The molecule has 0 aliphatic carbocycles. The summed E-state index contributed by atoms with van der Waals surface area (Å²) in [5.41, 5.74) is 8.01. The molecule has 0 bridgehead atoms. The Morgan fingerprint density at radius 2 is 1.56 bits per heavy atom. The van der Waals surface area contributed by atoms with E-state index in [1.54, 1.807) is 31.4 Å². The standard InChI is InChI=1S/C26H26N2O5S/c1-18(29)20-12-13-23(32-2)21(14-20)16-34-17-26(31)28-27-25(30)15-33-24-11-7-6-10-22(24)19-8-4-3-5-9-19/h3-14H,15-17H2,1-2H3,(H,27,30)(H,28,31). The van der Waals surface area contributed by atoms with Gasteiger partial charge in [0, 0.05) is 22.4 Å². The number of methoxy groups -OCH3 is 1. The predicted octanol–water partition coefficient (Wildman–Crippen LogP) is 4.02. The van der Waals surface area contributed by atoms with E-state index >= 15 is 0 Å². The molecule has 7 nitrogen and oxygen atoms in total. The molecule has 0 aromatic heterocycles. The van der Waals surface area contributed by atoms with Crippen LogP contribution in [0.15, 0.2) is 72.8 Å². The van der Waals surface area contributed by atoms with Gasteiger partial charge >= 0.3 is 0 Å². The zero-order valence-corrected chi connectivity index (χ0v) is 19.8. The molecule has 0 unspecified atom stereocenters. The van der Waals surface area contributed by atoms with Crippen LogP contribution in [0.2, 0.25) is 0 Å². The number of benzene rings is 3. The van der Waals surface area contributed by atoms with Crippen LogP contribution >= 0.6 is 11.8 Å². The molecule has 34 heavy (non-hydrogen) atoms. The fourth-order valence-electron chi connectivity index (χ4n) is 3.17. The zero-order valence-electron chi connectivity index (χ0n) is 19.0. The van der Waals surface area contributed by atoms with Gasteiger partial charge in [-0.15, -0.1) is 11.8 Å². The molecule has 0 spiro atoms. The van der Waals surface area contributed by atoms with Crippen LogP contribution in [-0.4, -0.2) is 37.1 Å². The number of hydrogen-bond donors (Lipinski definition) is 2. The summed E-state index contributed by atoms with van der Waals surface area (Å²) in [7, 11) is 1.56. The van der Waals surface area contributed by atoms with E-state index < -0.39 is 5.91 Å². The van der Waals surface area contributed by atoms with Crippen molar-refractivity contribution in [1.29, 1.82) is 0 Å². The first-order valence-electron chi connectivity index (χ1n) is 10.6. The summed E-state index contributed by atoms with van der Waals surface area (Å²) in [6.45, 7) is 1.26. The molecular weight excluding hydrogens is 452 g/mol. The third-order valence-corrected chi connectivity index (χ3v) is 5.83. The molecule has 3 rings (SSSR count). The van der Waals surface area contributed by atoms with E-state index in [4.69, 9.17) is 9.47 Å². The lowest BCUT2D eigenvalue weighted by Gasteiger charge is -2.12. The highest BCUT2D eigenvalue weighted by atomic mass is 32.2. The van der Waals surface area contributed by atoms with E-state index in [0.717, 1.165) is 16.7 Å². The highest BCUT2D eigenvalue weighted by Crippen LogP contribution is 2.29. The summed E-state index contributed by atoms with van der Waals surface area (Å²) >= 11 is 1.34. The Kier molecular flexibility index (Phi) is 9.11. The smallest absolute Gasteiger partial charge is 0.276 e. The van der Waals surface area contributed by atoms with E-state index in [2.05, 4.69) is 10.9 Å². The van der Waals surface area contributed by atoms with E-state index in [0.29, 0.717) is 22.8 Å². The number of ketones is 1. The second-order valence-electron chi connectivity index (χ2n) is 7.32. The number of amides is 2. The number of hydrogen-bond acceptors (Lipinski definition) is 6. The minimum absolute atomic E-state index is 0.0389. The van der Waals surface area contributed by atoms with Gasteiger partial charge in [0.2, 0.25) is 5.91 Å². The highest BCUT2D eigenvalue weighted by molar-refractivity contribution is 7.99. The lowest BCUT2D eigenvalue weighted by molar-refractivity contribution is -0.128. The molecule has 0 aliphatic heterocycles. The summed E-state index contributed by atoms with van der Waals surface area (Å²) in [6.07, 6.45) is 0. The fraction of sp³-hybridized carbons (Fsp3) is 0.192. The van der Waals surface area contributed by atoms with Crippen LogP contribution < -0.4 is 20.3 Å². The number of ether oxygens (including phenoxy) is 2. The van der Waals surface area contributed by atoms with Gasteiger partial charge in [0.25, 0.3) is 5.91 Å². The first kappa shape index (κ1) is 24.9. The summed E-state index contributed by atoms with van der Waals surface area (Å²) in [5, 5.41) is 0. The van der Waals surface area contributed by atoms with Crippen LogP contribution in [0.4, 0.5) is 0 Å². The van der Waals surface area contributed by atoms with Crippen molar-refractivity contribution in [3.63, 3.8) is 0 Å². The Bertz CT molecular complexity index is 1150. The largest absolute Gasteiger partial charge is 0.496 e. The predicted molar refractivity (Wildman–Crippen MR) is 133 cm³/mol. The molecule has 0 atom stereocenters. The Hall–Kier alpha value is -3.78. The SMILES string of the molecule is COc1ccc(C(C)=O)cc1CSCC(=O)NNC(=O)COc1ccccc1-c1ccccc1. The van der Waals surface area contributed by atoms with E-state index in [1.165, 1.54) is 18.7 Å². The Labute approximate surface area is 202 Å². The van der Waals surface area contributed by atoms with Crippen LogP contribution in [0.1, 0.15) is 22.8 Å². The van der Waals surface area contributed by atoms with Crippen molar-refractivity contribution < 1.29 is 23.9 Å². The van der Waals surface area contributed by atoms with Crippen LogP contribution in [0.25, 0.3) is 11.1 Å². The number of carbonyl (C=O) groups is 3. The third-order valence-electron chi connectivity index (χ3n) is 4.85. The maximum Gasteiger partial charge on any atom is 0.276 e. The average Bonchev–Trinajstić information content (AvgIpc) is 2.86. The summed E-state index contributed by atoms with van der Waals surface area (Å²) in [6, 6.07) is 22.4. The minimum atomic E-state index is -0.475. The van der Waals surface area contributed by atoms with Crippen molar-refractivity contribution in [1.82, 2.24) is 10.9 Å². The molecule has 3 aromatic rings. The second-order valence-corrected chi connectivity index (χ2v) is 8.31. The van der Waals surface area contributed by atoms with Crippen LogP contribution in [0, 0.1) is 0 Å². The van der Waals surface area contributed by atoms with Crippen LogP contribution in [0.3, 0.4) is 0 Å². The fourth-order valence-corrected chi connectivity index (χ4v) is 3.97. The third kappa shape index (κ3) is 7.11. The Morgan fingerprint density at radius 1 is 0.853 bits per heavy atom. The molecule has 0 aliphatic rings. The molecule has 2 N–H and O–H groups in total. The first-order valence-corrected chi connectivity index (χ1v) is 11.7. The van der Waals surface area contributed by atoms with Gasteiger partial charge < -0.3 is 9.47 Å². The van der Waals surface area contributed by atoms with Crippen molar-refractivity contribution >= 4 is 29.4 Å². The quantitative estimate of drug-likeness (QED) is 0.338. The van der Waals surface area contributed by atoms with Crippen LogP contribution in [-0.2, 0) is 15.3 Å². The number of thioether (sulfide) groups is 1. The van der Waals surface area contributed by atoms with Crippen molar-refractivity contribution in [3.05, 3.63) is 83.9 Å². The Balaban J connectivity index is 1.44. The van der Waals surface area contributed by atoms with Crippen LogP contribution in [0.5, 0.6) is 11.5 Å². The number of para-hydroxylation sites is 1. The number of Topliss-reactive ketones (excluding diaryl/α,β-unsaturated/α-hetero) is 1. The minimum Gasteiger partial charge on any atom is -0.496 e. The summed E-state index contributed by atoms with van der Waals surface area (Å²) < 4.78 is 11.0. The molecule has 0 fully saturated rings. The lowest BCUT2D eigenvalue weighted by Crippen LogP contribution is -2.44. The molecule has 0 radical (unpaired) electrons. The van der Waals surface area contributed by atoms with Crippen molar-refractivity contribution in [2.45, 2.75) is 12.7 Å². The van der Waals surface area contributed by atoms with Gasteiger partial charge in [0.05, 0.1) is 12.9 Å². The van der Waals surface area contributed by atoms with E-state index in [-0.39, 0.29) is 24.1 Å². The van der Waals surface area contributed by atoms with Gasteiger partial charge in [-0.2, -0.15) is 0 Å². The van der Waals surface area contributed by atoms with Gasteiger partial charge in [-0.25, -0.2) is 0 Å². The molecule has 176 valence electrons. The van der Waals surface area contributed by atoms with Gasteiger partial charge in [0.1, 0.15) is 11.5 Å². The number of hydrazine groups is 1. The number of carbonyl (C=O) groups excluding carboxylic acids is 3. The number of nitrogens with one attached hydrogen (secondary N) is 2. The first-order chi connectivity index (χ1) is 16.5. The highest BCUT2D eigenvalue weighted by Gasteiger charge is 2.11. The molecule has 0 heterocycles. The zero-order chi connectivity index (χ0) is 24.3. The normalized spacial score (nSPS) is 10.3. The van der Waals surface area contributed by atoms with Gasteiger partial charge in [0.15, 0.2) is 12.4 Å². The molecule has 0 saturated carbocycles. The van der Waals surface area contributed by atoms with Gasteiger partial charge in [-0.3, -0.25) is 25.2 Å². The number of rotatable bonds is 10. The van der Waals surface area contributed by atoms with E-state index in [9.17, 15) is 14.4 Å². The second kappa shape index (κ2) is 12.5. The molecular formula is C26H26N2O5S. The van der Waals surface area contributed by atoms with Crippen molar-refractivity contribution in [2.24, 2.45) is 0 Å². The summed E-state index contributed by atoms with van der Waals surface area (Å²) in [4.78, 5) is 35.9. The molecule has 2 amide bonds. The maximum atomic E-state index is 12.1. The van der Waals surface area contributed by atoms with Crippen molar-refractivity contribution in [3.8, 4) is 22.6 Å².